The average Bonchev–Trinajstić information content (AvgIpc) is 3.13. The number of methoxy groups -OCH3 is 1. The smallest absolute Gasteiger partial charge is 0.293 e. The Hall–Kier alpha value is -3.84. The van der Waals surface area contributed by atoms with Crippen LogP contribution in [-0.2, 0) is 0 Å². The predicted octanol–water partition coefficient (Wildman–Crippen LogP) is 5.74. The maximum Gasteiger partial charge on any atom is 0.293 e. The van der Waals surface area contributed by atoms with Gasteiger partial charge in [0.15, 0.2) is 0 Å². The number of hydrogen-bond acceptors (Lipinski definition) is 4. The zero-order chi connectivity index (χ0) is 22.0. The van der Waals surface area contributed by atoms with Crippen molar-refractivity contribution in [2.45, 2.75) is 0 Å². The number of halogens is 2. The lowest BCUT2D eigenvalue weighted by Crippen LogP contribution is -2.18. The van der Waals surface area contributed by atoms with Gasteiger partial charge in [-0.1, -0.05) is 29.8 Å². The lowest BCUT2D eigenvalue weighted by atomic mass is 10.1. The van der Waals surface area contributed by atoms with E-state index in [2.05, 4.69) is 10.6 Å². The second-order valence-electron chi connectivity index (χ2n) is 6.54. The highest BCUT2D eigenvalue weighted by Crippen LogP contribution is 2.33. The van der Waals surface area contributed by atoms with E-state index >= 15 is 0 Å². The summed E-state index contributed by atoms with van der Waals surface area (Å²) in [6, 6.07) is 17.4. The molecule has 4 aromatic rings. The third-order valence-electron chi connectivity index (χ3n) is 4.58. The van der Waals surface area contributed by atoms with Crippen molar-refractivity contribution in [3.05, 3.63) is 88.9 Å². The van der Waals surface area contributed by atoms with E-state index in [0.717, 1.165) is 6.07 Å². The van der Waals surface area contributed by atoms with Gasteiger partial charge in [0.25, 0.3) is 11.8 Å². The monoisotopic (exact) mass is 438 g/mol. The van der Waals surface area contributed by atoms with Crippen LogP contribution in [0, 0.1) is 5.82 Å². The Morgan fingerprint density at radius 1 is 0.935 bits per heavy atom. The number of amides is 2. The van der Waals surface area contributed by atoms with Crippen LogP contribution in [0.3, 0.4) is 0 Å². The van der Waals surface area contributed by atoms with Gasteiger partial charge in [-0.25, -0.2) is 4.39 Å². The number of carbonyl (C=O) groups excluding carboxylic acids is 2. The first kappa shape index (κ1) is 20.4. The van der Waals surface area contributed by atoms with Gasteiger partial charge in [0.05, 0.1) is 17.7 Å². The first-order chi connectivity index (χ1) is 15.0. The molecule has 2 amide bonds. The summed E-state index contributed by atoms with van der Waals surface area (Å²) in [6.07, 6.45) is 0. The third kappa shape index (κ3) is 4.08. The largest absolute Gasteiger partial charge is 0.497 e. The summed E-state index contributed by atoms with van der Waals surface area (Å²) < 4.78 is 25.0. The Bertz CT molecular complexity index is 1260. The van der Waals surface area contributed by atoms with Gasteiger partial charge in [-0.05, 0) is 48.5 Å². The van der Waals surface area contributed by atoms with E-state index in [1.165, 1.54) is 12.1 Å². The summed E-state index contributed by atoms with van der Waals surface area (Å²) in [5.41, 5.74) is 0.680. The van der Waals surface area contributed by atoms with Crippen molar-refractivity contribution in [3.63, 3.8) is 0 Å². The maximum atomic E-state index is 14.2. The molecule has 31 heavy (non-hydrogen) atoms. The fourth-order valence-electron chi connectivity index (χ4n) is 3.08. The maximum absolute atomic E-state index is 14.2. The van der Waals surface area contributed by atoms with Gasteiger partial charge >= 0.3 is 0 Å². The van der Waals surface area contributed by atoms with E-state index in [-0.39, 0.29) is 22.0 Å². The summed E-state index contributed by atoms with van der Waals surface area (Å²) in [6.45, 7) is 0. The van der Waals surface area contributed by atoms with Crippen molar-refractivity contribution >= 4 is 45.8 Å². The molecule has 0 bridgehead atoms. The molecule has 1 aromatic heterocycles. The molecule has 2 N–H and O–H groups in total. The topological polar surface area (TPSA) is 80.6 Å². The van der Waals surface area contributed by atoms with Crippen LogP contribution in [0.4, 0.5) is 15.8 Å². The number of anilines is 2. The van der Waals surface area contributed by atoms with Crippen LogP contribution in [0.5, 0.6) is 5.75 Å². The van der Waals surface area contributed by atoms with E-state index in [1.807, 2.05) is 0 Å². The van der Waals surface area contributed by atoms with Gasteiger partial charge in [-0.2, -0.15) is 0 Å². The lowest BCUT2D eigenvalue weighted by Gasteiger charge is -2.09. The number of nitrogens with one attached hydrogen (secondary N) is 2. The van der Waals surface area contributed by atoms with E-state index in [9.17, 15) is 14.0 Å². The van der Waals surface area contributed by atoms with Crippen LogP contribution in [0.15, 0.2) is 71.1 Å². The molecule has 0 spiro atoms. The Morgan fingerprint density at radius 3 is 2.39 bits per heavy atom. The van der Waals surface area contributed by atoms with Crippen molar-refractivity contribution in [2.75, 3.05) is 17.7 Å². The van der Waals surface area contributed by atoms with Crippen molar-refractivity contribution < 1.29 is 23.1 Å². The number of furan rings is 1. The highest BCUT2D eigenvalue weighted by atomic mass is 35.5. The van der Waals surface area contributed by atoms with Gasteiger partial charge in [-0.15, -0.1) is 0 Å². The molecule has 0 radical (unpaired) electrons. The molecule has 4 rings (SSSR count). The molecule has 0 unspecified atom stereocenters. The summed E-state index contributed by atoms with van der Waals surface area (Å²) in [7, 11) is 1.54. The SMILES string of the molecule is COc1ccc(NC(=O)c2oc3ccccc3c2NC(=O)c2c(F)cccc2Cl)cc1. The fraction of sp³-hybridized carbons (Fsp3) is 0.0435. The molecule has 6 nitrogen and oxygen atoms in total. The average molecular weight is 439 g/mol. The summed E-state index contributed by atoms with van der Waals surface area (Å²) in [5, 5.41) is 5.73. The standard InChI is InChI=1S/C23H16ClFN2O4/c1-30-14-11-9-13(10-12-14)26-23(29)21-20(15-5-2-3-8-18(15)31-21)27-22(28)19-16(24)6-4-7-17(19)25/h2-12H,1H3,(H,26,29)(H,27,28). The number of para-hydroxylation sites is 1. The lowest BCUT2D eigenvalue weighted by molar-refractivity contribution is 0.0999. The first-order valence-corrected chi connectivity index (χ1v) is 9.58. The highest BCUT2D eigenvalue weighted by Gasteiger charge is 2.24. The van der Waals surface area contributed by atoms with Crippen molar-refractivity contribution in [1.82, 2.24) is 0 Å². The van der Waals surface area contributed by atoms with Crippen LogP contribution < -0.4 is 15.4 Å². The third-order valence-corrected chi connectivity index (χ3v) is 4.89. The summed E-state index contributed by atoms with van der Waals surface area (Å²) in [5.74, 6) is -1.65. The minimum absolute atomic E-state index is 0.0467. The minimum Gasteiger partial charge on any atom is -0.497 e. The molecule has 0 aliphatic heterocycles. The van der Waals surface area contributed by atoms with E-state index in [0.29, 0.717) is 22.4 Å². The summed E-state index contributed by atoms with van der Waals surface area (Å²) >= 11 is 6.00. The molecule has 1 heterocycles. The van der Waals surface area contributed by atoms with Gasteiger partial charge in [-0.3, -0.25) is 9.59 Å². The minimum atomic E-state index is -0.798. The van der Waals surface area contributed by atoms with Crippen molar-refractivity contribution in [2.24, 2.45) is 0 Å². The van der Waals surface area contributed by atoms with Gasteiger partial charge in [0, 0.05) is 11.1 Å². The molecule has 0 aliphatic rings. The van der Waals surface area contributed by atoms with Crippen LogP contribution in [0.2, 0.25) is 5.02 Å². The first-order valence-electron chi connectivity index (χ1n) is 9.20. The number of rotatable bonds is 5. The molecule has 0 atom stereocenters. The van der Waals surface area contributed by atoms with E-state index in [1.54, 1.807) is 55.6 Å². The molecule has 0 saturated heterocycles. The molecule has 0 aliphatic carbocycles. The molecular formula is C23H16ClFN2O4. The quantitative estimate of drug-likeness (QED) is 0.416. The fourth-order valence-corrected chi connectivity index (χ4v) is 3.33. The highest BCUT2D eigenvalue weighted by molar-refractivity contribution is 6.34. The number of fused-ring (bicyclic) bond motifs is 1. The number of ether oxygens (including phenoxy) is 1. The number of benzene rings is 3. The van der Waals surface area contributed by atoms with Crippen LogP contribution in [0.1, 0.15) is 20.9 Å². The second-order valence-corrected chi connectivity index (χ2v) is 6.94. The van der Waals surface area contributed by atoms with Gasteiger partial charge in [0.2, 0.25) is 5.76 Å². The molecule has 8 heteroatoms. The molecule has 0 fully saturated rings. The molecular weight excluding hydrogens is 423 g/mol. The Labute approximate surface area is 181 Å². The van der Waals surface area contributed by atoms with E-state index in [4.69, 9.17) is 20.8 Å². The predicted molar refractivity (Wildman–Crippen MR) is 117 cm³/mol. The second kappa shape index (κ2) is 8.49. The molecule has 3 aromatic carbocycles. The Kier molecular flexibility index (Phi) is 5.60. The van der Waals surface area contributed by atoms with Crippen LogP contribution >= 0.6 is 11.6 Å². The van der Waals surface area contributed by atoms with Crippen molar-refractivity contribution in [3.8, 4) is 5.75 Å². The Morgan fingerprint density at radius 2 is 1.68 bits per heavy atom. The molecule has 156 valence electrons. The summed E-state index contributed by atoms with van der Waals surface area (Å²) in [4.78, 5) is 25.7. The number of carbonyl (C=O) groups is 2. The van der Waals surface area contributed by atoms with Crippen molar-refractivity contribution in [1.29, 1.82) is 0 Å². The zero-order valence-corrected chi connectivity index (χ0v) is 17.0. The Balaban J connectivity index is 1.70. The van der Waals surface area contributed by atoms with Crippen LogP contribution in [-0.4, -0.2) is 18.9 Å². The van der Waals surface area contributed by atoms with Gasteiger partial charge < -0.3 is 19.8 Å². The molecule has 0 saturated carbocycles. The normalized spacial score (nSPS) is 10.7. The van der Waals surface area contributed by atoms with Gasteiger partial charge in [0.1, 0.15) is 22.8 Å². The number of hydrogen-bond donors (Lipinski definition) is 2. The van der Waals surface area contributed by atoms with Crippen LogP contribution in [0.25, 0.3) is 11.0 Å². The van der Waals surface area contributed by atoms with E-state index < -0.39 is 17.6 Å². The zero-order valence-electron chi connectivity index (χ0n) is 16.2.